The molecule has 0 radical (unpaired) electrons. The highest BCUT2D eigenvalue weighted by atomic mass is 16.5. The van der Waals surface area contributed by atoms with Crippen LogP contribution in [0.4, 0.5) is 0 Å². The predicted molar refractivity (Wildman–Crippen MR) is 92.2 cm³/mol. The second-order valence-corrected chi connectivity index (χ2v) is 6.09. The van der Waals surface area contributed by atoms with Gasteiger partial charge in [-0.25, -0.2) is 0 Å². The Morgan fingerprint density at radius 1 is 1.16 bits per heavy atom. The molecule has 0 bridgehead atoms. The highest BCUT2D eigenvalue weighted by molar-refractivity contribution is 5.93. The lowest BCUT2D eigenvalue weighted by Crippen LogP contribution is -2.52. The number of benzene rings is 1. The Kier molecular flexibility index (Phi) is 4.74. The summed E-state index contributed by atoms with van der Waals surface area (Å²) in [7, 11) is 3.37. The fraction of sp³-hybridized carbons (Fsp3) is 0.389. The number of piperazine rings is 1. The smallest absolute Gasteiger partial charge is 0.272 e. The van der Waals surface area contributed by atoms with Gasteiger partial charge in [0.25, 0.3) is 5.91 Å². The molecule has 0 aliphatic carbocycles. The van der Waals surface area contributed by atoms with E-state index in [0.717, 1.165) is 11.3 Å². The van der Waals surface area contributed by atoms with Crippen LogP contribution >= 0.6 is 0 Å². The average Bonchev–Trinajstić information content (AvgIpc) is 3.06. The molecule has 2 amide bonds. The number of carbonyl (C=O) groups excluding carboxylic acids is 2. The Morgan fingerprint density at radius 3 is 2.44 bits per heavy atom. The first-order chi connectivity index (χ1) is 12.0. The summed E-state index contributed by atoms with van der Waals surface area (Å²) in [6, 6.07) is 9.13. The zero-order valence-corrected chi connectivity index (χ0v) is 14.7. The van der Waals surface area contributed by atoms with E-state index in [4.69, 9.17) is 4.74 Å². The molecular weight excluding hydrogens is 320 g/mol. The van der Waals surface area contributed by atoms with Crippen LogP contribution in [-0.2, 0) is 11.8 Å². The number of hydrogen-bond acceptors (Lipinski definition) is 4. The third-order valence-electron chi connectivity index (χ3n) is 4.63. The van der Waals surface area contributed by atoms with Crippen LogP contribution in [0.1, 0.15) is 29.0 Å². The largest absolute Gasteiger partial charge is 0.497 e. The van der Waals surface area contributed by atoms with E-state index in [-0.39, 0.29) is 17.9 Å². The summed E-state index contributed by atoms with van der Waals surface area (Å²) in [5.74, 6) is 0.697. The van der Waals surface area contributed by atoms with Gasteiger partial charge in [-0.2, -0.15) is 5.10 Å². The first-order valence-electron chi connectivity index (χ1n) is 8.19. The standard InChI is InChI=1S/C18H22N4O3/c1-13(23)21-10-11-22(18(24)16-8-9-19-20(16)2)17(12-21)14-4-6-15(25-3)7-5-14/h4-9,17H,10-12H2,1-3H3/t17-/m0/s1. The first kappa shape index (κ1) is 17.0. The Balaban J connectivity index is 1.92. The van der Waals surface area contributed by atoms with E-state index in [1.807, 2.05) is 29.2 Å². The minimum Gasteiger partial charge on any atom is -0.497 e. The van der Waals surface area contributed by atoms with E-state index >= 15 is 0 Å². The number of methoxy groups -OCH3 is 1. The second-order valence-electron chi connectivity index (χ2n) is 6.09. The lowest BCUT2D eigenvalue weighted by molar-refractivity contribution is -0.131. The maximum Gasteiger partial charge on any atom is 0.272 e. The van der Waals surface area contributed by atoms with Gasteiger partial charge >= 0.3 is 0 Å². The number of rotatable bonds is 3. The lowest BCUT2D eigenvalue weighted by atomic mass is 10.0. The SMILES string of the molecule is COc1ccc([C@@H]2CN(C(C)=O)CCN2C(=O)c2ccnn2C)cc1. The van der Waals surface area contributed by atoms with Crippen LogP contribution in [0.2, 0.25) is 0 Å². The highest BCUT2D eigenvalue weighted by Crippen LogP contribution is 2.28. The third kappa shape index (κ3) is 3.35. The summed E-state index contributed by atoms with van der Waals surface area (Å²) in [5.41, 5.74) is 1.51. The molecule has 7 nitrogen and oxygen atoms in total. The number of hydrogen-bond donors (Lipinski definition) is 0. The van der Waals surface area contributed by atoms with Gasteiger partial charge in [0.1, 0.15) is 11.4 Å². The molecule has 0 spiro atoms. The molecule has 1 aliphatic rings. The molecule has 2 aromatic rings. The van der Waals surface area contributed by atoms with E-state index in [1.165, 1.54) is 0 Å². The summed E-state index contributed by atoms with van der Waals surface area (Å²) < 4.78 is 6.78. The van der Waals surface area contributed by atoms with Crippen molar-refractivity contribution in [2.75, 3.05) is 26.7 Å². The molecule has 132 valence electrons. The first-order valence-corrected chi connectivity index (χ1v) is 8.19. The maximum absolute atomic E-state index is 13.0. The number of amides is 2. The summed E-state index contributed by atoms with van der Waals surface area (Å²) in [4.78, 5) is 28.4. The number of nitrogens with zero attached hydrogens (tertiary/aromatic N) is 4. The molecule has 1 aromatic carbocycles. The average molecular weight is 342 g/mol. The molecule has 25 heavy (non-hydrogen) atoms. The summed E-state index contributed by atoms with van der Waals surface area (Å²) in [6.07, 6.45) is 1.61. The molecule has 7 heteroatoms. The monoisotopic (exact) mass is 342 g/mol. The van der Waals surface area contributed by atoms with Crippen LogP contribution in [0.25, 0.3) is 0 Å². The topological polar surface area (TPSA) is 67.7 Å². The van der Waals surface area contributed by atoms with Crippen LogP contribution in [0.3, 0.4) is 0 Å². The van der Waals surface area contributed by atoms with Gasteiger partial charge in [-0.3, -0.25) is 14.3 Å². The normalized spacial score (nSPS) is 17.5. The number of carbonyl (C=O) groups is 2. The molecule has 0 N–H and O–H groups in total. The van der Waals surface area contributed by atoms with Crippen molar-refractivity contribution in [1.82, 2.24) is 19.6 Å². The van der Waals surface area contributed by atoms with Gasteiger partial charge in [-0.15, -0.1) is 0 Å². The summed E-state index contributed by atoms with van der Waals surface area (Å²) in [5, 5.41) is 4.08. The molecule has 1 aliphatic heterocycles. The van der Waals surface area contributed by atoms with Crippen molar-refractivity contribution in [1.29, 1.82) is 0 Å². The van der Waals surface area contributed by atoms with Crippen LogP contribution in [0, 0.1) is 0 Å². The summed E-state index contributed by atoms with van der Waals surface area (Å²) in [6.45, 7) is 3.06. The van der Waals surface area contributed by atoms with Crippen molar-refractivity contribution in [2.45, 2.75) is 13.0 Å². The fourth-order valence-corrected chi connectivity index (χ4v) is 3.15. The Labute approximate surface area is 146 Å². The Bertz CT molecular complexity index is 769. The number of aryl methyl sites for hydroxylation is 1. The van der Waals surface area contributed by atoms with Crippen molar-refractivity contribution in [3.05, 3.63) is 47.8 Å². The van der Waals surface area contributed by atoms with Crippen molar-refractivity contribution >= 4 is 11.8 Å². The molecule has 1 fully saturated rings. The quantitative estimate of drug-likeness (QED) is 0.847. The van der Waals surface area contributed by atoms with Gasteiger partial charge in [-0.1, -0.05) is 12.1 Å². The molecular formula is C18H22N4O3. The summed E-state index contributed by atoms with van der Waals surface area (Å²) >= 11 is 0. The van der Waals surface area contributed by atoms with Gasteiger partial charge in [-0.05, 0) is 23.8 Å². The number of aromatic nitrogens is 2. The van der Waals surface area contributed by atoms with Crippen LogP contribution in [0.15, 0.2) is 36.5 Å². The molecule has 1 atom stereocenters. The van der Waals surface area contributed by atoms with Crippen molar-refractivity contribution in [2.24, 2.45) is 7.05 Å². The van der Waals surface area contributed by atoms with Gasteiger partial charge in [0.05, 0.1) is 13.2 Å². The van der Waals surface area contributed by atoms with E-state index in [0.29, 0.717) is 25.3 Å². The third-order valence-corrected chi connectivity index (χ3v) is 4.63. The van der Waals surface area contributed by atoms with Gasteiger partial charge in [0, 0.05) is 39.8 Å². The molecule has 0 saturated carbocycles. The Morgan fingerprint density at radius 2 is 1.88 bits per heavy atom. The molecule has 0 unspecified atom stereocenters. The van der Waals surface area contributed by atoms with Gasteiger partial charge in [0.2, 0.25) is 5.91 Å². The van der Waals surface area contributed by atoms with E-state index < -0.39 is 0 Å². The fourth-order valence-electron chi connectivity index (χ4n) is 3.15. The van der Waals surface area contributed by atoms with Crippen molar-refractivity contribution in [3.8, 4) is 5.75 Å². The van der Waals surface area contributed by atoms with Crippen LogP contribution in [-0.4, -0.2) is 58.1 Å². The second kappa shape index (κ2) is 6.96. The predicted octanol–water partition coefficient (Wildman–Crippen LogP) is 1.47. The van der Waals surface area contributed by atoms with Crippen LogP contribution in [0.5, 0.6) is 5.75 Å². The zero-order valence-electron chi connectivity index (χ0n) is 14.7. The minimum absolute atomic E-state index is 0.0196. The zero-order chi connectivity index (χ0) is 18.0. The highest BCUT2D eigenvalue weighted by Gasteiger charge is 2.33. The lowest BCUT2D eigenvalue weighted by Gasteiger charge is -2.41. The van der Waals surface area contributed by atoms with E-state index in [9.17, 15) is 9.59 Å². The Hall–Kier alpha value is -2.83. The van der Waals surface area contributed by atoms with Gasteiger partial charge in [0.15, 0.2) is 0 Å². The van der Waals surface area contributed by atoms with Crippen LogP contribution < -0.4 is 4.74 Å². The van der Waals surface area contributed by atoms with Crippen molar-refractivity contribution < 1.29 is 14.3 Å². The molecule has 3 rings (SSSR count). The van der Waals surface area contributed by atoms with E-state index in [2.05, 4.69) is 5.10 Å². The van der Waals surface area contributed by atoms with Crippen molar-refractivity contribution in [3.63, 3.8) is 0 Å². The maximum atomic E-state index is 13.0. The molecule has 2 heterocycles. The van der Waals surface area contributed by atoms with Gasteiger partial charge < -0.3 is 14.5 Å². The number of ether oxygens (including phenoxy) is 1. The molecule has 1 aromatic heterocycles. The molecule has 1 saturated heterocycles. The van der Waals surface area contributed by atoms with E-state index in [1.54, 1.807) is 42.9 Å². The minimum atomic E-state index is -0.203.